The number of nitrogens with one attached hydrogen (secondary N) is 2. The van der Waals surface area contributed by atoms with Crippen LogP contribution in [-0.2, 0) is 12.8 Å². The predicted octanol–water partition coefficient (Wildman–Crippen LogP) is 16.1. The Morgan fingerprint density at radius 2 is 0.759 bits per heavy atom. The Morgan fingerprint density at radius 1 is 0.407 bits per heavy atom. The zero-order valence-electron chi connectivity index (χ0n) is 31.0. The average Bonchev–Trinajstić information content (AvgIpc) is 4.00. The van der Waals surface area contributed by atoms with Crippen LogP contribution in [0.5, 0.6) is 0 Å². The van der Waals surface area contributed by atoms with Crippen molar-refractivity contribution in [3.05, 3.63) is 112 Å². The first-order valence-electron chi connectivity index (χ1n) is 19.4. The average molecular weight is 975 g/mol. The number of unbranched alkanes of at least 4 members (excludes halogenated alkanes) is 8. The molecule has 0 amide bonds. The Kier molecular flexibility index (Phi) is 13.3. The van der Waals surface area contributed by atoms with E-state index < -0.39 is 0 Å². The lowest BCUT2D eigenvalue weighted by Crippen LogP contribution is -1.94. The molecule has 2 aromatic carbocycles. The minimum Gasteiger partial charge on any atom is -0.355 e. The van der Waals surface area contributed by atoms with Gasteiger partial charge in [-0.15, -0.1) is 0 Å². The fourth-order valence-corrected chi connectivity index (χ4v) is 10.4. The summed E-state index contributed by atoms with van der Waals surface area (Å²) >= 11 is 15.6. The molecule has 0 unspecified atom stereocenters. The number of aromatic amines is 2. The molecule has 0 spiro atoms. The molecule has 0 saturated carbocycles. The summed E-state index contributed by atoms with van der Waals surface area (Å²) in [6, 6.07) is 21.4. The molecule has 4 nitrogen and oxygen atoms in total. The highest BCUT2D eigenvalue weighted by atomic mass is 79.9. The topological polar surface area (TPSA) is 57.4 Å². The first-order valence-corrected chi connectivity index (χ1v) is 22.6. The van der Waals surface area contributed by atoms with Crippen molar-refractivity contribution in [2.24, 2.45) is 0 Å². The molecule has 2 aliphatic heterocycles. The van der Waals surface area contributed by atoms with Gasteiger partial charge in [-0.05, 0) is 98.5 Å². The number of rotatable bonds is 14. The highest BCUT2D eigenvalue weighted by Crippen LogP contribution is 2.42. The summed E-state index contributed by atoms with van der Waals surface area (Å²) in [6.07, 6.45) is 22.8. The van der Waals surface area contributed by atoms with Crippen LogP contribution in [0.1, 0.15) is 112 Å². The van der Waals surface area contributed by atoms with Crippen LogP contribution in [0.15, 0.2) is 78.6 Å². The highest BCUT2D eigenvalue weighted by Gasteiger charge is 2.21. The van der Waals surface area contributed by atoms with Gasteiger partial charge < -0.3 is 9.97 Å². The van der Waals surface area contributed by atoms with Gasteiger partial charge in [-0.2, -0.15) is 0 Å². The van der Waals surface area contributed by atoms with Crippen molar-refractivity contribution in [1.29, 1.82) is 0 Å². The molecule has 0 atom stereocenters. The quantitative estimate of drug-likeness (QED) is 0.107. The lowest BCUT2D eigenvalue weighted by atomic mass is 10.0. The van der Waals surface area contributed by atoms with E-state index in [1.807, 2.05) is 0 Å². The van der Waals surface area contributed by atoms with Crippen LogP contribution in [0.2, 0.25) is 0 Å². The molecule has 5 heterocycles. The van der Waals surface area contributed by atoms with Gasteiger partial charge in [0.05, 0.1) is 22.8 Å². The van der Waals surface area contributed by atoms with Gasteiger partial charge in [-0.1, -0.05) is 141 Å². The van der Waals surface area contributed by atoms with Crippen LogP contribution in [0.25, 0.3) is 68.6 Å². The van der Waals surface area contributed by atoms with Crippen LogP contribution < -0.4 is 0 Å². The standard InChI is InChI=1S/C46H46Br4N4/c1-3-5-7-9-11-15-29-35-21-25-39(51-35)45(43-31(47)17-13-18-32(43)48)41-27-23-37(53-41)30(16-12-10-8-6-4-2)38-24-28-42(54-38)46(40-26-22-36(29)52-40)44-33(49)19-14-20-34(44)50/h13-14,17-28,51,54H,3-12,15-16H2,1-2H3. The van der Waals surface area contributed by atoms with Crippen LogP contribution >= 0.6 is 63.7 Å². The lowest BCUT2D eigenvalue weighted by molar-refractivity contribution is 0.632. The lowest BCUT2D eigenvalue weighted by Gasteiger charge is -2.10. The summed E-state index contributed by atoms with van der Waals surface area (Å²) in [5.41, 5.74) is 14.8. The normalized spacial score (nSPS) is 12.3. The maximum Gasteiger partial charge on any atom is 0.0737 e. The van der Waals surface area contributed by atoms with Crippen molar-refractivity contribution in [2.45, 2.75) is 90.9 Å². The number of nitrogens with zero attached hydrogens (tertiary/aromatic N) is 2. The van der Waals surface area contributed by atoms with Gasteiger partial charge >= 0.3 is 0 Å². The zero-order valence-corrected chi connectivity index (χ0v) is 37.3. The van der Waals surface area contributed by atoms with Gasteiger partial charge in [0, 0.05) is 73.3 Å². The Balaban J connectivity index is 1.57. The van der Waals surface area contributed by atoms with E-state index in [0.717, 1.165) is 111 Å². The second-order valence-corrected chi connectivity index (χ2v) is 17.6. The van der Waals surface area contributed by atoms with Gasteiger partial charge in [0.1, 0.15) is 0 Å². The fourth-order valence-electron chi connectivity index (χ4n) is 7.66. The molecule has 0 fully saturated rings. The van der Waals surface area contributed by atoms with E-state index in [9.17, 15) is 0 Å². The van der Waals surface area contributed by atoms with Gasteiger partial charge in [0.15, 0.2) is 0 Å². The molecule has 2 aliphatic rings. The van der Waals surface area contributed by atoms with Crippen LogP contribution in [0, 0.1) is 0 Å². The number of fused-ring (bicyclic) bond motifs is 8. The molecule has 0 saturated heterocycles. The predicted molar refractivity (Wildman–Crippen MR) is 245 cm³/mol. The molecule has 0 radical (unpaired) electrons. The summed E-state index contributed by atoms with van der Waals surface area (Å²) in [7, 11) is 0. The van der Waals surface area contributed by atoms with Gasteiger partial charge in [-0.25, -0.2) is 9.97 Å². The number of benzene rings is 2. The Morgan fingerprint density at radius 3 is 1.15 bits per heavy atom. The number of aryl methyl sites for hydroxylation is 2. The highest BCUT2D eigenvalue weighted by molar-refractivity contribution is 9.11. The first kappa shape index (κ1) is 39.2. The Hall–Kier alpha value is -3.04. The van der Waals surface area contributed by atoms with E-state index >= 15 is 0 Å². The summed E-state index contributed by atoms with van der Waals surface area (Å²) in [5.74, 6) is 0. The minimum atomic E-state index is 0.935. The summed E-state index contributed by atoms with van der Waals surface area (Å²) in [4.78, 5) is 18.7. The second-order valence-electron chi connectivity index (χ2n) is 14.2. The van der Waals surface area contributed by atoms with Gasteiger partial charge in [-0.3, -0.25) is 0 Å². The van der Waals surface area contributed by atoms with E-state index in [1.165, 1.54) is 62.5 Å². The molecular formula is C46H46Br4N4. The molecule has 3 aromatic heterocycles. The zero-order chi connectivity index (χ0) is 37.6. The van der Waals surface area contributed by atoms with E-state index in [1.54, 1.807) is 0 Å². The number of halogens is 4. The largest absolute Gasteiger partial charge is 0.355 e. The summed E-state index contributed by atoms with van der Waals surface area (Å²) in [6.45, 7) is 4.54. The van der Waals surface area contributed by atoms with Crippen molar-refractivity contribution >= 4 is 110 Å². The smallest absolute Gasteiger partial charge is 0.0737 e. The van der Waals surface area contributed by atoms with Crippen LogP contribution in [-0.4, -0.2) is 19.9 Å². The van der Waals surface area contributed by atoms with Crippen molar-refractivity contribution in [3.63, 3.8) is 0 Å². The molecule has 8 bridgehead atoms. The van der Waals surface area contributed by atoms with Crippen molar-refractivity contribution < 1.29 is 0 Å². The van der Waals surface area contributed by atoms with E-state index in [-0.39, 0.29) is 0 Å². The molecular weight excluding hydrogens is 928 g/mol. The summed E-state index contributed by atoms with van der Waals surface area (Å²) in [5, 5.41) is 0. The third-order valence-electron chi connectivity index (χ3n) is 10.5. The first-order chi connectivity index (χ1) is 26.4. The minimum absolute atomic E-state index is 0.935. The fraction of sp³-hybridized carbons (Fsp3) is 0.304. The molecule has 54 heavy (non-hydrogen) atoms. The monoisotopic (exact) mass is 970 g/mol. The number of hydrogen-bond donors (Lipinski definition) is 2. The van der Waals surface area contributed by atoms with E-state index in [2.05, 4.69) is 173 Å². The number of aromatic nitrogens is 4. The van der Waals surface area contributed by atoms with Crippen molar-refractivity contribution in [1.82, 2.24) is 19.9 Å². The third-order valence-corrected chi connectivity index (χ3v) is 13.1. The van der Waals surface area contributed by atoms with Crippen molar-refractivity contribution in [2.75, 3.05) is 0 Å². The van der Waals surface area contributed by atoms with Gasteiger partial charge in [0.25, 0.3) is 0 Å². The van der Waals surface area contributed by atoms with Crippen LogP contribution in [0.3, 0.4) is 0 Å². The molecule has 5 aromatic rings. The maximum absolute atomic E-state index is 5.46. The number of hydrogen-bond acceptors (Lipinski definition) is 2. The third kappa shape index (κ3) is 8.52. The molecule has 278 valence electrons. The molecule has 0 aliphatic carbocycles. The molecule has 2 N–H and O–H groups in total. The SMILES string of the molecule is CCCCCCCc1c2nc(c(-c3c(Br)cccc3Br)c3ccc([nH]3)c(CCCCCCC)c3nc(c(-c4c(Br)cccc4Br)c4ccc1[nH]4)C=C3)C=C2. The second kappa shape index (κ2) is 18.3. The van der Waals surface area contributed by atoms with Crippen molar-refractivity contribution in [3.8, 4) is 22.3 Å². The molecule has 8 heteroatoms. The Labute approximate surface area is 352 Å². The van der Waals surface area contributed by atoms with E-state index in [0.29, 0.717) is 0 Å². The maximum atomic E-state index is 5.46. The van der Waals surface area contributed by atoms with E-state index in [4.69, 9.17) is 9.97 Å². The Bertz CT molecular complexity index is 2180. The number of H-pyrrole nitrogens is 2. The van der Waals surface area contributed by atoms with Gasteiger partial charge in [0.2, 0.25) is 0 Å². The molecule has 7 rings (SSSR count). The summed E-state index contributed by atoms with van der Waals surface area (Å²) < 4.78 is 4.06. The van der Waals surface area contributed by atoms with Crippen LogP contribution in [0.4, 0.5) is 0 Å².